The van der Waals surface area contributed by atoms with Crippen molar-refractivity contribution in [1.82, 2.24) is 9.21 Å². The van der Waals surface area contributed by atoms with E-state index >= 15 is 0 Å². The highest BCUT2D eigenvalue weighted by Crippen LogP contribution is 2.22. The van der Waals surface area contributed by atoms with Crippen molar-refractivity contribution in [3.8, 4) is 0 Å². The molecule has 0 saturated carbocycles. The van der Waals surface area contributed by atoms with Crippen LogP contribution in [0.15, 0.2) is 59.5 Å². The van der Waals surface area contributed by atoms with Gasteiger partial charge in [-0.25, -0.2) is 13.2 Å². The van der Waals surface area contributed by atoms with Gasteiger partial charge in [-0.2, -0.15) is 4.31 Å². The van der Waals surface area contributed by atoms with Crippen LogP contribution in [-0.2, 0) is 21.2 Å². The Labute approximate surface area is 160 Å². The third-order valence-electron chi connectivity index (χ3n) is 4.80. The predicted octanol–water partition coefficient (Wildman–Crippen LogP) is 2.02. The van der Waals surface area contributed by atoms with E-state index in [0.717, 1.165) is 13.0 Å². The average Bonchev–Trinajstić information content (AvgIpc) is 2.72. The summed E-state index contributed by atoms with van der Waals surface area (Å²) < 4.78 is 32.2. The Hall–Kier alpha value is -2.22. The van der Waals surface area contributed by atoms with E-state index in [0.29, 0.717) is 26.2 Å². The molecule has 0 N–H and O–H groups in total. The van der Waals surface area contributed by atoms with E-state index in [1.54, 1.807) is 12.1 Å². The van der Waals surface area contributed by atoms with Crippen molar-refractivity contribution < 1.29 is 17.9 Å². The summed E-state index contributed by atoms with van der Waals surface area (Å²) in [4.78, 5) is 14.2. The lowest BCUT2D eigenvalue weighted by Gasteiger charge is -2.34. The maximum atomic E-state index is 13.0. The fourth-order valence-electron chi connectivity index (χ4n) is 3.23. The molecule has 0 amide bonds. The molecule has 2 aromatic carbocycles. The Balaban J connectivity index is 1.64. The molecular weight excluding hydrogens is 364 g/mol. The van der Waals surface area contributed by atoms with Gasteiger partial charge in [-0.15, -0.1) is 0 Å². The summed E-state index contributed by atoms with van der Waals surface area (Å²) in [5.41, 5.74) is 1.35. The molecule has 0 bridgehead atoms. The predicted molar refractivity (Wildman–Crippen MR) is 103 cm³/mol. The number of piperazine rings is 1. The van der Waals surface area contributed by atoms with Gasteiger partial charge in [-0.3, -0.25) is 0 Å². The maximum absolute atomic E-state index is 13.0. The van der Waals surface area contributed by atoms with E-state index in [9.17, 15) is 13.2 Å². The zero-order valence-corrected chi connectivity index (χ0v) is 16.2. The molecule has 0 spiro atoms. The number of benzene rings is 2. The molecule has 27 heavy (non-hydrogen) atoms. The first-order valence-corrected chi connectivity index (χ1v) is 10.4. The Bertz CT molecular complexity index is 876. The molecular formula is C20H24N2O4S. The molecule has 1 aliphatic heterocycles. The van der Waals surface area contributed by atoms with Gasteiger partial charge in [0.1, 0.15) is 0 Å². The van der Waals surface area contributed by atoms with E-state index in [1.165, 1.54) is 29.1 Å². The molecule has 1 aliphatic rings. The summed E-state index contributed by atoms with van der Waals surface area (Å²) in [7, 11) is -2.49. The van der Waals surface area contributed by atoms with E-state index in [2.05, 4.69) is 17.0 Å². The largest absolute Gasteiger partial charge is 0.465 e. The number of ether oxygens (including phenoxy) is 1. The zero-order chi connectivity index (χ0) is 19.3. The van der Waals surface area contributed by atoms with Gasteiger partial charge in [0.2, 0.25) is 10.0 Å². The first kappa shape index (κ1) is 19.5. The normalized spacial score (nSPS) is 16.2. The number of rotatable bonds is 6. The van der Waals surface area contributed by atoms with Crippen LogP contribution in [0.2, 0.25) is 0 Å². The van der Waals surface area contributed by atoms with Gasteiger partial charge in [-0.1, -0.05) is 42.5 Å². The third-order valence-corrected chi connectivity index (χ3v) is 6.76. The van der Waals surface area contributed by atoms with Crippen LogP contribution in [0.5, 0.6) is 0 Å². The number of hydrogen-bond acceptors (Lipinski definition) is 5. The topological polar surface area (TPSA) is 66.9 Å². The molecule has 7 heteroatoms. The van der Waals surface area contributed by atoms with Crippen LogP contribution in [0.3, 0.4) is 0 Å². The van der Waals surface area contributed by atoms with E-state index in [1.807, 2.05) is 18.2 Å². The molecule has 0 atom stereocenters. The van der Waals surface area contributed by atoms with E-state index < -0.39 is 16.0 Å². The lowest BCUT2D eigenvalue weighted by molar-refractivity contribution is 0.0596. The van der Waals surface area contributed by atoms with Crippen molar-refractivity contribution >= 4 is 16.0 Å². The molecule has 3 rings (SSSR count). The van der Waals surface area contributed by atoms with E-state index in [-0.39, 0.29) is 10.5 Å². The van der Waals surface area contributed by atoms with Gasteiger partial charge in [-0.05, 0) is 24.1 Å². The van der Waals surface area contributed by atoms with Crippen LogP contribution < -0.4 is 0 Å². The van der Waals surface area contributed by atoms with Crippen LogP contribution >= 0.6 is 0 Å². The highest BCUT2D eigenvalue weighted by Gasteiger charge is 2.31. The highest BCUT2D eigenvalue weighted by atomic mass is 32.2. The smallest absolute Gasteiger partial charge is 0.339 e. The summed E-state index contributed by atoms with van der Waals surface area (Å²) in [5, 5.41) is 0. The Kier molecular flexibility index (Phi) is 6.26. The van der Waals surface area contributed by atoms with Crippen LogP contribution in [-0.4, -0.2) is 63.4 Å². The molecule has 6 nitrogen and oxygen atoms in total. The average molecular weight is 388 g/mol. The number of carbonyl (C=O) groups is 1. The van der Waals surface area contributed by atoms with Gasteiger partial charge in [0, 0.05) is 32.7 Å². The monoisotopic (exact) mass is 388 g/mol. The molecule has 1 saturated heterocycles. The number of hydrogen-bond donors (Lipinski definition) is 0. The molecule has 1 fully saturated rings. The molecule has 144 valence electrons. The van der Waals surface area contributed by atoms with Crippen LogP contribution in [0, 0.1) is 0 Å². The van der Waals surface area contributed by atoms with Crippen molar-refractivity contribution in [2.75, 3.05) is 39.8 Å². The number of carbonyl (C=O) groups excluding carboxylic acids is 1. The molecule has 2 aromatic rings. The van der Waals surface area contributed by atoms with Crippen LogP contribution in [0.1, 0.15) is 15.9 Å². The minimum atomic E-state index is -3.73. The fraction of sp³-hybridized carbons (Fsp3) is 0.350. The number of esters is 1. The number of sulfonamides is 1. The fourth-order valence-corrected chi connectivity index (χ4v) is 4.84. The Morgan fingerprint density at radius 1 is 0.963 bits per heavy atom. The first-order valence-electron chi connectivity index (χ1n) is 8.96. The van der Waals surface area contributed by atoms with E-state index in [4.69, 9.17) is 4.74 Å². The second-order valence-corrected chi connectivity index (χ2v) is 8.38. The van der Waals surface area contributed by atoms with Crippen molar-refractivity contribution in [3.63, 3.8) is 0 Å². The van der Waals surface area contributed by atoms with Gasteiger partial charge >= 0.3 is 5.97 Å². The summed E-state index contributed by atoms with van der Waals surface area (Å²) in [6.07, 6.45) is 0.943. The molecule has 0 aromatic heterocycles. The van der Waals surface area contributed by atoms with Crippen molar-refractivity contribution in [3.05, 3.63) is 65.7 Å². The second kappa shape index (κ2) is 8.65. The molecule has 1 heterocycles. The van der Waals surface area contributed by atoms with Gasteiger partial charge in [0.15, 0.2) is 0 Å². The zero-order valence-electron chi connectivity index (χ0n) is 15.4. The summed E-state index contributed by atoms with van der Waals surface area (Å²) in [6, 6.07) is 16.5. The van der Waals surface area contributed by atoms with Crippen LogP contribution in [0.25, 0.3) is 0 Å². The van der Waals surface area contributed by atoms with Crippen molar-refractivity contribution in [2.45, 2.75) is 11.3 Å². The highest BCUT2D eigenvalue weighted by molar-refractivity contribution is 7.89. The molecule has 0 unspecified atom stereocenters. The Morgan fingerprint density at radius 2 is 1.59 bits per heavy atom. The first-order chi connectivity index (χ1) is 13.0. The minimum absolute atomic E-state index is 0.00888. The van der Waals surface area contributed by atoms with Gasteiger partial charge in [0.05, 0.1) is 17.6 Å². The lowest BCUT2D eigenvalue weighted by atomic mass is 10.1. The summed E-state index contributed by atoms with van der Waals surface area (Å²) in [5.74, 6) is -0.643. The third kappa shape index (κ3) is 4.55. The SMILES string of the molecule is COC(=O)c1ccccc1S(=O)(=O)N1CCN(CCc2ccccc2)CC1. The minimum Gasteiger partial charge on any atom is -0.465 e. The van der Waals surface area contributed by atoms with Crippen LogP contribution in [0.4, 0.5) is 0 Å². The Morgan fingerprint density at radius 3 is 2.26 bits per heavy atom. The quantitative estimate of drug-likeness (QED) is 0.709. The van der Waals surface area contributed by atoms with Crippen molar-refractivity contribution in [2.24, 2.45) is 0 Å². The standard InChI is InChI=1S/C20H24N2O4S/c1-26-20(23)18-9-5-6-10-19(18)27(24,25)22-15-13-21(14-16-22)12-11-17-7-3-2-4-8-17/h2-10H,11-16H2,1H3. The number of nitrogens with zero attached hydrogens (tertiary/aromatic N) is 2. The molecule has 0 aliphatic carbocycles. The number of methoxy groups -OCH3 is 1. The second-order valence-electron chi connectivity index (χ2n) is 6.47. The van der Waals surface area contributed by atoms with Gasteiger partial charge in [0.25, 0.3) is 0 Å². The van der Waals surface area contributed by atoms with Gasteiger partial charge < -0.3 is 9.64 Å². The maximum Gasteiger partial charge on any atom is 0.339 e. The lowest BCUT2D eigenvalue weighted by Crippen LogP contribution is -2.49. The summed E-state index contributed by atoms with van der Waals surface area (Å²) >= 11 is 0. The molecule has 0 radical (unpaired) electrons. The van der Waals surface area contributed by atoms with Crippen molar-refractivity contribution in [1.29, 1.82) is 0 Å². The summed E-state index contributed by atoms with van der Waals surface area (Å²) in [6.45, 7) is 3.06.